The zero-order valence-electron chi connectivity index (χ0n) is 6.17. The van der Waals surface area contributed by atoms with Crippen LogP contribution >= 0.6 is 12.4 Å². The molecule has 1 rings (SSSR count). The second-order valence-corrected chi connectivity index (χ2v) is 1.92. The number of nitrogens with one attached hydrogen (secondary N) is 1. The van der Waals surface area contributed by atoms with Gasteiger partial charge in [-0.15, -0.1) is 12.4 Å². The lowest BCUT2D eigenvalue weighted by Crippen LogP contribution is -2.10. The van der Waals surface area contributed by atoms with E-state index in [1.165, 1.54) is 24.3 Å². The highest BCUT2D eigenvalue weighted by Gasteiger charge is 1.93. The smallest absolute Gasteiger partial charge is 0.123 e. The van der Waals surface area contributed by atoms with Crippen LogP contribution in [0.3, 0.4) is 0 Å². The van der Waals surface area contributed by atoms with Crippen LogP contribution in [0.4, 0.5) is 4.39 Å². The lowest BCUT2D eigenvalue weighted by atomic mass is 10.2. The van der Waals surface area contributed by atoms with Gasteiger partial charge in [-0.25, -0.2) is 4.39 Å². The number of hydrogen-bond donors (Lipinski definition) is 2. The maximum absolute atomic E-state index is 12.2. The third-order valence-corrected chi connectivity index (χ3v) is 1.16. The highest BCUT2D eigenvalue weighted by molar-refractivity contribution is 5.94. The minimum Gasteiger partial charge on any atom is -0.412 e. The molecule has 0 fully saturated rings. The summed E-state index contributed by atoms with van der Waals surface area (Å²) in [5.74, 6) is -0.356. The van der Waals surface area contributed by atoms with Crippen LogP contribution in [0.2, 0.25) is 0 Å². The van der Waals surface area contributed by atoms with Gasteiger partial charge in [0.15, 0.2) is 0 Å². The van der Waals surface area contributed by atoms with Gasteiger partial charge in [0, 0.05) is 5.56 Å². The molecule has 68 valence electrons. The number of nitrogen functional groups attached to an aromatic ring is 1. The standard InChI is InChI=1S/C7H7FN2.ClH.H2O/c8-6-3-1-5(2-4-6)7(9)10;;/h1-4H,(H3,9,10);1H;1H2. The highest BCUT2D eigenvalue weighted by atomic mass is 35.5. The molecule has 3 nitrogen and oxygen atoms in total. The van der Waals surface area contributed by atoms with Crippen molar-refractivity contribution in [3.8, 4) is 0 Å². The van der Waals surface area contributed by atoms with Gasteiger partial charge in [0.1, 0.15) is 11.7 Å². The first-order valence-electron chi connectivity index (χ1n) is 2.80. The zero-order chi connectivity index (χ0) is 7.56. The molecule has 0 atom stereocenters. The Bertz CT molecular complexity index is 250. The number of nitrogens with two attached hydrogens (primary N) is 1. The van der Waals surface area contributed by atoms with Crippen molar-refractivity contribution in [1.82, 2.24) is 0 Å². The van der Waals surface area contributed by atoms with Crippen molar-refractivity contribution in [3.63, 3.8) is 0 Å². The average molecular weight is 193 g/mol. The van der Waals surface area contributed by atoms with Crippen LogP contribution < -0.4 is 5.73 Å². The fourth-order valence-electron chi connectivity index (χ4n) is 0.629. The summed E-state index contributed by atoms with van der Waals surface area (Å²) in [6.45, 7) is 0. The number of hydrogen-bond acceptors (Lipinski definition) is 1. The normalized spacial score (nSPS) is 7.75. The molecule has 0 aliphatic carbocycles. The van der Waals surface area contributed by atoms with Gasteiger partial charge in [0.25, 0.3) is 0 Å². The molecule has 1 aromatic rings. The second kappa shape index (κ2) is 5.51. The summed E-state index contributed by atoms with van der Waals surface area (Å²) in [5.41, 5.74) is 5.67. The summed E-state index contributed by atoms with van der Waals surface area (Å²) in [7, 11) is 0. The van der Waals surface area contributed by atoms with Crippen molar-refractivity contribution in [2.45, 2.75) is 0 Å². The van der Waals surface area contributed by atoms with Gasteiger partial charge in [-0.3, -0.25) is 5.41 Å². The fraction of sp³-hybridized carbons (Fsp3) is 0. The van der Waals surface area contributed by atoms with E-state index in [1.54, 1.807) is 0 Å². The van der Waals surface area contributed by atoms with Gasteiger partial charge in [0.2, 0.25) is 0 Å². The third kappa shape index (κ3) is 3.32. The summed E-state index contributed by atoms with van der Waals surface area (Å²) in [4.78, 5) is 0. The molecule has 5 heteroatoms. The maximum Gasteiger partial charge on any atom is 0.123 e. The molecule has 0 amide bonds. The molecule has 0 unspecified atom stereocenters. The molecule has 0 heterocycles. The predicted octanol–water partition coefficient (Wildman–Crippen LogP) is 0.707. The van der Waals surface area contributed by atoms with Crippen molar-refractivity contribution in [3.05, 3.63) is 35.6 Å². The zero-order valence-corrected chi connectivity index (χ0v) is 6.99. The van der Waals surface area contributed by atoms with Gasteiger partial charge in [-0.2, -0.15) is 0 Å². The van der Waals surface area contributed by atoms with Crippen molar-refractivity contribution in [2.24, 2.45) is 5.73 Å². The van der Waals surface area contributed by atoms with Crippen LogP contribution in [-0.4, -0.2) is 11.3 Å². The summed E-state index contributed by atoms with van der Waals surface area (Å²) in [5, 5.41) is 6.96. The molecule has 0 aromatic heterocycles. The first kappa shape index (κ1) is 13.5. The SMILES string of the molecule is Cl.N=C(N)c1ccc(F)cc1.O. The molecular formula is C7H10ClFN2O. The van der Waals surface area contributed by atoms with E-state index in [0.717, 1.165) is 0 Å². The van der Waals surface area contributed by atoms with E-state index in [9.17, 15) is 4.39 Å². The van der Waals surface area contributed by atoms with E-state index in [-0.39, 0.29) is 29.5 Å². The van der Waals surface area contributed by atoms with Crippen molar-refractivity contribution >= 4 is 18.2 Å². The maximum atomic E-state index is 12.2. The van der Waals surface area contributed by atoms with Crippen LogP contribution in [0.1, 0.15) is 5.56 Å². The van der Waals surface area contributed by atoms with E-state index in [4.69, 9.17) is 11.1 Å². The molecule has 1 aromatic carbocycles. The first-order chi connectivity index (χ1) is 4.70. The van der Waals surface area contributed by atoms with Gasteiger partial charge in [-0.05, 0) is 24.3 Å². The van der Waals surface area contributed by atoms with E-state index in [1.807, 2.05) is 0 Å². The lowest BCUT2D eigenvalue weighted by molar-refractivity contribution is 0.628. The Morgan fingerprint density at radius 2 is 1.67 bits per heavy atom. The Morgan fingerprint density at radius 1 is 1.25 bits per heavy atom. The summed E-state index contributed by atoms with van der Waals surface area (Å²) >= 11 is 0. The average Bonchev–Trinajstić information content (AvgIpc) is 1.88. The van der Waals surface area contributed by atoms with Crippen molar-refractivity contribution < 1.29 is 9.87 Å². The molecule has 0 aliphatic rings. The van der Waals surface area contributed by atoms with Gasteiger partial charge in [0.05, 0.1) is 0 Å². The number of amidine groups is 1. The largest absolute Gasteiger partial charge is 0.412 e. The van der Waals surface area contributed by atoms with Gasteiger partial charge < -0.3 is 11.2 Å². The minimum atomic E-state index is -0.315. The molecule has 0 saturated heterocycles. The van der Waals surface area contributed by atoms with Gasteiger partial charge in [-0.1, -0.05) is 0 Å². The van der Waals surface area contributed by atoms with Crippen LogP contribution in [-0.2, 0) is 0 Å². The summed E-state index contributed by atoms with van der Waals surface area (Å²) in [6, 6.07) is 5.49. The molecule has 5 N–H and O–H groups in total. The molecule has 0 aliphatic heterocycles. The molecule has 0 spiro atoms. The Balaban J connectivity index is 0. The quantitative estimate of drug-likeness (QED) is 0.499. The van der Waals surface area contributed by atoms with E-state index in [0.29, 0.717) is 5.56 Å². The minimum absolute atomic E-state index is 0. The summed E-state index contributed by atoms with van der Waals surface area (Å²) < 4.78 is 12.2. The Hall–Kier alpha value is -1.13. The fourth-order valence-corrected chi connectivity index (χ4v) is 0.629. The molecule has 12 heavy (non-hydrogen) atoms. The van der Waals surface area contributed by atoms with Crippen molar-refractivity contribution in [2.75, 3.05) is 0 Å². The van der Waals surface area contributed by atoms with E-state index in [2.05, 4.69) is 0 Å². The molecule has 0 radical (unpaired) electrons. The van der Waals surface area contributed by atoms with Crippen LogP contribution in [0, 0.1) is 11.2 Å². The second-order valence-electron chi connectivity index (χ2n) is 1.92. The van der Waals surface area contributed by atoms with Crippen molar-refractivity contribution in [1.29, 1.82) is 5.41 Å². The number of rotatable bonds is 1. The topological polar surface area (TPSA) is 81.4 Å². The van der Waals surface area contributed by atoms with Crippen LogP contribution in [0.15, 0.2) is 24.3 Å². The van der Waals surface area contributed by atoms with E-state index < -0.39 is 0 Å². The summed E-state index contributed by atoms with van der Waals surface area (Å²) in [6.07, 6.45) is 0. The highest BCUT2D eigenvalue weighted by Crippen LogP contribution is 2.00. The number of halogens is 2. The monoisotopic (exact) mass is 192 g/mol. The molecule has 0 bridgehead atoms. The molecular weight excluding hydrogens is 183 g/mol. The lowest BCUT2D eigenvalue weighted by Gasteiger charge is -1.94. The Kier molecular flexibility index (Phi) is 6.18. The molecule has 0 saturated carbocycles. The number of benzene rings is 1. The van der Waals surface area contributed by atoms with Crippen LogP contribution in [0.25, 0.3) is 0 Å². The third-order valence-electron chi connectivity index (χ3n) is 1.16. The van der Waals surface area contributed by atoms with Crippen LogP contribution in [0.5, 0.6) is 0 Å². The first-order valence-corrected chi connectivity index (χ1v) is 2.80. The van der Waals surface area contributed by atoms with Gasteiger partial charge >= 0.3 is 0 Å². The van der Waals surface area contributed by atoms with E-state index >= 15 is 0 Å². The predicted molar refractivity (Wildman–Crippen MR) is 48.3 cm³/mol. The Morgan fingerprint density at radius 3 is 2.00 bits per heavy atom. The Labute approximate surface area is 75.6 Å².